The molecule has 4 aromatic heterocycles. The fourth-order valence-corrected chi connectivity index (χ4v) is 3.88. The van der Waals surface area contributed by atoms with Gasteiger partial charge in [0.2, 0.25) is 0 Å². The van der Waals surface area contributed by atoms with Crippen LogP contribution in [-0.4, -0.2) is 24.9 Å². The number of pyridine rings is 3. The molecule has 0 spiro atoms. The van der Waals surface area contributed by atoms with E-state index >= 15 is 0 Å². The van der Waals surface area contributed by atoms with E-state index < -0.39 is 0 Å². The largest absolute Gasteiger partial charge is 0.355 e. The molecule has 0 fully saturated rings. The van der Waals surface area contributed by atoms with Crippen molar-refractivity contribution >= 4 is 44.9 Å². The van der Waals surface area contributed by atoms with Crippen LogP contribution < -0.4 is 10.6 Å². The fourth-order valence-electron chi connectivity index (χ4n) is 3.88. The van der Waals surface area contributed by atoms with Crippen molar-refractivity contribution in [2.45, 2.75) is 0 Å². The number of imidazole rings is 1. The SMILES string of the molecule is N#Cc1ccc2nccc(Nc3ccc(-c4nc5ccc(Nc6ccncc6)nc5[nH]4)cc3)c2c1. The zero-order valence-corrected chi connectivity index (χ0v) is 18.4. The second-order valence-electron chi connectivity index (χ2n) is 7.92. The van der Waals surface area contributed by atoms with Crippen LogP contribution >= 0.6 is 0 Å². The van der Waals surface area contributed by atoms with Crippen molar-refractivity contribution in [2.24, 2.45) is 0 Å². The number of nitrogens with zero attached hydrogens (tertiary/aromatic N) is 5. The molecule has 6 rings (SSSR count). The summed E-state index contributed by atoms with van der Waals surface area (Å²) < 4.78 is 0. The van der Waals surface area contributed by atoms with Crippen molar-refractivity contribution in [3.63, 3.8) is 0 Å². The van der Waals surface area contributed by atoms with Crippen molar-refractivity contribution in [1.82, 2.24) is 24.9 Å². The molecular weight excluding hydrogens is 436 g/mol. The fraction of sp³-hybridized carbons (Fsp3) is 0. The predicted octanol–water partition coefficient (Wildman–Crippen LogP) is 5.93. The van der Waals surface area contributed by atoms with Gasteiger partial charge in [-0.3, -0.25) is 9.97 Å². The van der Waals surface area contributed by atoms with Gasteiger partial charge < -0.3 is 15.6 Å². The molecule has 0 aliphatic heterocycles. The van der Waals surface area contributed by atoms with Gasteiger partial charge in [0.05, 0.1) is 17.1 Å². The summed E-state index contributed by atoms with van der Waals surface area (Å²) >= 11 is 0. The molecule has 0 saturated heterocycles. The Labute approximate surface area is 200 Å². The normalized spacial score (nSPS) is 10.8. The Balaban J connectivity index is 1.25. The molecular formula is C27H18N8. The van der Waals surface area contributed by atoms with Crippen LogP contribution in [0.3, 0.4) is 0 Å². The van der Waals surface area contributed by atoms with Crippen molar-refractivity contribution in [3.05, 3.63) is 97.0 Å². The molecule has 0 amide bonds. The molecule has 0 unspecified atom stereocenters. The highest BCUT2D eigenvalue weighted by Crippen LogP contribution is 2.28. The summed E-state index contributed by atoms with van der Waals surface area (Å²) in [4.78, 5) is 21.1. The zero-order valence-electron chi connectivity index (χ0n) is 18.4. The number of aromatic nitrogens is 5. The number of nitriles is 1. The van der Waals surface area contributed by atoms with Crippen molar-refractivity contribution in [2.75, 3.05) is 10.6 Å². The Morgan fingerprint density at radius 2 is 1.54 bits per heavy atom. The summed E-state index contributed by atoms with van der Waals surface area (Å²) in [6, 6.07) is 25.2. The van der Waals surface area contributed by atoms with Gasteiger partial charge >= 0.3 is 0 Å². The highest BCUT2D eigenvalue weighted by Gasteiger charge is 2.09. The molecule has 6 aromatic rings. The van der Waals surface area contributed by atoms with E-state index in [1.807, 2.05) is 66.7 Å². The van der Waals surface area contributed by atoms with Crippen LogP contribution in [-0.2, 0) is 0 Å². The van der Waals surface area contributed by atoms with Crippen LogP contribution in [0, 0.1) is 11.3 Å². The Morgan fingerprint density at radius 3 is 2.37 bits per heavy atom. The minimum atomic E-state index is 0.599. The molecule has 35 heavy (non-hydrogen) atoms. The summed E-state index contributed by atoms with van der Waals surface area (Å²) in [6.45, 7) is 0. The van der Waals surface area contributed by atoms with Crippen LogP contribution in [0.1, 0.15) is 5.56 Å². The van der Waals surface area contributed by atoms with Gasteiger partial charge in [-0.1, -0.05) is 0 Å². The standard InChI is InChI=1S/C27H18N8/c28-16-17-1-6-22-21(15-17)23(11-14-30-22)31-19-4-2-18(3-5-19)26-33-24-7-8-25(34-27(24)35-26)32-20-9-12-29-13-10-20/h1-15H,(H,30,31)(H2,29,32,33,34,35). The molecule has 166 valence electrons. The summed E-state index contributed by atoms with van der Waals surface area (Å²) in [5, 5.41) is 16.8. The van der Waals surface area contributed by atoms with Crippen LogP contribution in [0.15, 0.2) is 91.4 Å². The first-order chi connectivity index (χ1) is 17.2. The molecule has 0 aliphatic carbocycles. The molecule has 0 radical (unpaired) electrons. The first kappa shape index (κ1) is 20.3. The Kier molecular flexibility index (Phi) is 4.98. The third-order valence-corrected chi connectivity index (χ3v) is 5.60. The molecule has 8 nitrogen and oxygen atoms in total. The lowest BCUT2D eigenvalue weighted by molar-refractivity contribution is 1.28. The average Bonchev–Trinajstić information content (AvgIpc) is 3.33. The van der Waals surface area contributed by atoms with E-state index in [9.17, 15) is 5.26 Å². The number of hydrogen-bond acceptors (Lipinski definition) is 7. The first-order valence-electron chi connectivity index (χ1n) is 11.0. The van der Waals surface area contributed by atoms with E-state index in [0.29, 0.717) is 11.2 Å². The van der Waals surface area contributed by atoms with E-state index in [1.54, 1.807) is 24.7 Å². The van der Waals surface area contributed by atoms with Crippen LogP contribution in [0.5, 0.6) is 0 Å². The monoisotopic (exact) mass is 454 g/mol. The smallest absolute Gasteiger partial charge is 0.160 e. The van der Waals surface area contributed by atoms with Crippen LogP contribution in [0.25, 0.3) is 33.5 Å². The van der Waals surface area contributed by atoms with Gasteiger partial charge in [0.25, 0.3) is 0 Å². The predicted molar refractivity (Wildman–Crippen MR) is 137 cm³/mol. The molecule has 4 heterocycles. The number of hydrogen-bond donors (Lipinski definition) is 3. The highest BCUT2D eigenvalue weighted by molar-refractivity contribution is 5.93. The quantitative estimate of drug-likeness (QED) is 0.296. The third kappa shape index (κ3) is 4.10. The minimum absolute atomic E-state index is 0.599. The Hall–Kier alpha value is -5.29. The topological polar surface area (TPSA) is 115 Å². The van der Waals surface area contributed by atoms with Gasteiger partial charge in [-0.15, -0.1) is 0 Å². The summed E-state index contributed by atoms with van der Waals surface area (Å²) in [5.41, 5.74) is 6.60. The van der Waals surface area contributed by atoms with E-state index in [-0.39, 0.29) is 0 Å². The van der Waals surface area contributed by atoms with E-state index in [1.165, 1.54) is 0 Å². The van der Waals surface area contributed by atoms with Crippen molar-refractivity contribution in [3.8, 4) is 17.5 Å². The van der Waals surface area contributed by atoms with Crippen molar-refractivity contribution < 1.29 is 0 Å². The second kappa shape index (κ2) is 8.57. The maximum absolute atomic E-state index is 9.24. The molecule has 3 N–H and O–H groups in total. The summed E-state index contributed by atoms with van der Waals surface area (Å²) in [5.74, 6) is 1.47. The Morgan fingerprint density at radius 1 is 0.743 bits per heavy atom. The molecule has 0 atom stereocenters. The lowest BCUT2D eigenvalue weighted by Gasteiger charge is -2.10. The number of nitrogens with one attached hydrogen (secondary N) is 3. The number of rotatable bonds is 5. The molecule has 0 bridgehead atoms. The van der Waals surface area contributed by atoms with Crippen molar-refractivity contribution in [1.29, 1.82) is 5.26 Å². The summed E-state index contributed by atoms with van der Waals surface area (Å²) in [6.07, 6.45) is 5.22. The highest BCUT2D eigenvalue weighted by atomic mass is 15.1. The second-order valence-corrected chi connectivity index (χ2v) is 7.92. The number of anilines is 4. The number of benzene rings is 2. The van der Waals surface area contributed by atoms with E-state index in [2.05, 4.69) is 41.6 Å². The van der Waals surface area contributed by atoms with Crippen LogP contribution in [0.4, 0.5) is 22.9 Å². The first-order valence-corrected chi connectivity index (χ1v) is 11.0. The van der Waals surface area contributed by atoms with Gasteiger partial charge in [-0.25, -0.2) is 9.97 Å². The van der Waals surface area contributed by atoms with E-state index in [4.69, 9.17) is 0 Å². The molecule has 0 saturated carbocycles. The zero-order chi connectivity index (χ0) is 23.6. The third-order valence-electron chi connectivity index (χ3n) is 5.60. The lowest BCUT2D eigenvalue weighted by atomic mass is 10.1. The van der Waals surface area contributed by atoms with Gasteiger partial charge in [0.1, 0.15) is 17.2 Å². The summed E-state index contributed by atoms with van der Waals surface area (Å²) in [7, 11) is 0. The van der Waals surface area contributed by atoms with Gasteiger partial charge in [-0.2, -0.15) is 5.26 Å². The average molecular weight is 454 g/mol. The molecule has 2 aromatic carbocycles. The number of fused-ring (bicyclic) bond motifs is 2. The molecule has 0 aliphatic rings. The minimum Gasteiger partial charge on any atom is -0.355 e. The van der Waals surface area contributed by atoms with Gasteiger partial charge in [0.15, 0.2) is 5.65 Å². The van der Waals surface area contributed by atoms with Crippen LogP contribution in [0.2, 0.25) is 0 Å². The van der Waals surface area contributed by atoms with Gasteiger partial charge in [-0.05, 0) is 72.8 Å². The molecule has 8 heteroatoms. The Bertz CT molecular complexity index is 1700. The maximum Gasteiger partial charge on any atom is 0.160 e. The number of H-pyrrole nitrogens is 1. The van der Waals surface area contributed by atoms with Gasteiger partial charge in [0, 0.05) is 46.6 Å². The van der Waals surface area contributed by atoms with E-state index in [0.717, 1.165) is 50.7 Å². The lowest BCUT2D eigenvalue weighted by Crippen LogP contribution is -1.93. The maximum atomic E-state index is 9.24. The number of aromatic amines is 1.